The molecule has 0 amide bonds. The van der Waals surface area contributed by atoms with Gasteiger partial charge in [0.05, 0.1) is 12.0 Å². The Morgan fingerprint density at radius 1 is 1.06 bits per heavy atom. The van der Waals surface area contributed by atoms with E-state index in [1.54, 1.807) is 0 Å². The van der Waals surface area contributed by atoms with Crippen molar-refractivity contribution in [1.82, 2.24) is 0 Å². The van der Waals surface area contributed by atoms with Gasteiger partial charge in [-0.1, -0.05) is 48.6 Å². The van der Waals surface area contributed by atoms with Crippen LogP contribution in [0.25, 0.3) is 0 Å². The Kier molecular flexibility index (Phi) is 3.84. The summed E-state index contributed by atoms with van der Waals surface area (Å²) in [5.74, 6) is 0.684. The Morgan fingerprint density at radius 3 is 2.18 bits per heavy atom. The van der Waals surface area contributed by atoms with E-state index in [0.717, 1.165) is 0 Å². The minimum atomic E-state index is 0.105. The summed E-state index contributed by atoms with van der Waals surface area (Å²) in [6.07, 6.45) is 6.40. The molecule has 1 saturated carbocycles. The summed E-state index contributed by atoms with van der Waals surface area (Å²) in [6.45, 7) is 4.23. The van der Waals surface area contributed by atoms with Crippen molar-refractivity contribution in [2.45, 2.75) is 51.9 Å². The summed E-state index contributed by atoms with van der Waals surface area (Å²) in [4.78, 5) is 0. The molecule has 1 fully saturated rings. The van der Waals surface area contributed by atoms with Crippen LogP contribution in [-0.2, 0) is 0 Å². The van der Waals surface area contributed by atoms with Crippen LogP contribution >= 0.6 is 0 Å². The Hall–Kier alpha value is -1.29. The first-order chi connectivity index (χ1) is 8.20. The molecule has 1 unspecified atom stereocenters. The van der Waals surface area contributed by atoms with E-state index < -0.39 is 0 Å². The third kappa shape index (κ3) is 2.88. The van der Waals surface area contributed by atoms with E-state index >= 15 is 0 Å². The van der Waals surface area contributed by atoms with E-state index in [1.165, 1.54) is 48.8 Å². The van der Waals surface area contributed by atoms with Gasteiger partial charge in [0.2, 0.25) is 0 Å². The maximum Gasteiger partial charge on any atom is 0.0741 e. The molecule has 0 radical (unpaired) electrons. The highest BCUT2D eigenvalue weighted by Gasteiger charge is 2.25. The van der Waals surface area contributed by atoms with Crippen molar-refractivity contribution in [3.8, 4) is 6.07 Å². The van der Waals surface area contributed by atoms with Crippen molar-refractivity contribution in [2.75, 3.05) is 0 Å². The molecule has 1 aromatic carbocycles. The lowest BCUT2D eigenvalue weighted by molar-refractivity contribution is 0.335. The number of hydrogen-bond acceptors (Lipinski definition) is 1. The van der Waals surface area contributed by atoms with E-state index in [-0.39, 0.29) is 5.92 Å². The molecule has 0 aromatic heterocycles. The summed E-state index contributed by atoms with van der Waals surface area (Å²) >= 11 is 0. The van der Waals surface area contributed by atoms with Gasteiger partial charge in [-0.3, -0.25) is 0 Å². The number of benzene rings is 1. The summed E-state index contributed by atoms with van der Waals surface area (Å²) < 4.78 is 0. The third-order valence-corrected chi connectivity index (χ3v) is 3.86. The number of nitriles is 1. The fraction of sp³-hybridized carbons (Fsp3) is 0.562. The van der Waals surface area contributed by atoms with E-state index in [0.29, 0.717) is 5.92 Å². The van der Waals surface area contributed by atoms with E-state index in [9.17, 15) is 5.26 Å². The average Bonchev–Trinajstić information content (AvgIpc) is 2.30. The van der Waals surface area contributed by atoms with Gasteiger partial charge in [0.1, 0.15) is 0 Å². The van der Waals surface area contributed by atoms with Crippen molar-refractivity contribution in [1.29, 1.82) is 5.26 Å². The summed E-state index contributed by atoms with van der Waals surface area (Å²) in [7, 11) is 0. The Morgan fingerprint density at radius 2 is 1.65 bits per heavy atom. The van der Waals surface area contributed by atoms with Crippen molar-refractivity contribution < 1.29 is 0 Å². The highest BCUT2D eigenvalue weighted by molar-refractivity contribution is 5.34. The first kappa shape index (κ1) is 12.2. The van der Waals surface area contributed by atoms with Gasteiger partial charge in [0.15, 0.2) is 0 Å². The van der Waals surface area contributed by atoms with Crippen LogP contribution in [0.5, 0.6) is 0 Å². The smallest absolute Gasteiger partial charge is 0.0741 e. The van der Waals surface area contributed by atoms with Gasteiger partial charge in [-0.2, -0.15) is 5.26 Å². The molecular weight excluding hydrogens is 206 g/mol. The summed E-state index contributed by atoms with van der Waals surface area (Å²) in [6, 6.07) is 9.10. The van der Waals surface area contributed by atoms with Gasteiger partial charge in [0, 0.05) is 0 Å². The van der Waals surface area contributed by atoms with Crippen molar-refractivity contribution >= 4 is 0 Å². The van der Waals surface area contributed by atoms with Gasteiger partial charge in [-0.15, -0.1) is 0 Å². The van der Waals surface area contributed by atoms with E-state index in [1.807, 2.05) is 0 Å². The number of rotatable bonds is 2. The molecule has 2 rings (SSSR count). The molecule has 1 aliphatic rings. The lowest BCUT2D eigenvalue weighted by Crippen LogP contribution is -2.15. The monoisotopic (exact) mass is 227 g/mol. The molecule has 0 saturated heterocycles. The molecule has 0 spiro atoms. The largest absolute Gasteiger partial charge is 0.198 e. The maximum atomic E-state index is 9.46. The second kappa shape index (κ2) is 5.36. The van der Waals surface area contributed by atoms with Crippen LogP contribution in [0.1, 0.15) is 54.7 Å². The fourth-order valence-electron chi connectivity index (χ4n) is 3.11. The maximum absolute atomic E-state index is 9.46. The lowest BCUT2D eigenvalue weighted by atomic mass is 9.77. The first-order valence-electron chi connectivity index (χ1n) is 6.68. The zero-order chi connectivity index (χ0) is 12.3. The number of aryl methyl sites for hydroxylation is 2. The molecule has 1 aliphatic carbocycles. The Bertz CT molecular complexity index is 401. The summed E-state index contributed by atoms with van der Waals surface area (Å²) in [5.41, 5.74) is 3.78. The average molecular weight is 227 g/mol. The zero-order valence-electron chi connectivity index (χ0n) is 10.9. The SMILES string of the molecule is Cc1cc(C)cc(C(C#N)C2CCCCC2)c1. The molecule has 90 valence electrons. The number of nitrogens with zero attached hydrogens (tertiary/aromatic N) is 1. The topological polar surface area (TPSA) is 23.8 Å². The fourth-order valence-corrected chi connectivity index (χ4v) is 3.11. The predicted octanol–water partition coefficient (Wildman–Crippen LogP) is 4.49. The van der Waals surface area contributed by atoms with Crippen molar-refractivity contribution in [3.63, 3.8) is 0 Å². The molecule has 0 heterocycles. The van der Waals surface area contributed by atoms with Crippen LogP contribution in [0.15, 0.2) is 18.2 Å². The molecule has 0 aliphatic heterocycles. The molecular formula is C16H21N. The molecule has 0 bridgehead atoms. The van der Waals surface area contributed by atoms with Crippen LogP contribution in [-0.4, -0.2) is 0 Å². The van der Waals surface area contributed by atoms with Crippen LogP contribution in [0.4, 0.5) is 0 Å². The minimum Gasteiger partial charge on any atom is -0.198 e. The first-order valence-corrected chi connectivity index (χ1v) is 6.68. The Labute approximate surface area is 104 Å². The van der Waals surface area contributed by atoms with Gasteiger partial charge in [-0.05, 0) is 38.2 Å². The normalized spacial score (nSPS) is 18.6. The molecule has 17 heavy (non-hydrogen) atoms. The standard InChI is InChI=1S/C16H21N/c1-12-8-13(2)10-15(9-12)16(11-17)14-6-4-3-5-7-14/h8-10,14,16H,3-7H2,1-2H3. The third-order valence-electron chi connectivity index (χ3n) is 3.86. The molecule has 1 nitrogen and oxygen atoms in total. The van der Waals surface area contributed by atoms with E-state index in [2.05, 4.69) is 38.1 Å². The molecule has 1 heteroatoms. The second-order valence-electron chi connectivity index (χ2n) is 5.43. The highest BCUT2D eigenvalue weighted by Crippen LogP contribution is 2.36. The van der Waals surface area contributed by atoms with Gasteiger partial charge < -0.3 is 0 Å². The molecule has 1 atom stereocenters. The molecule has 0 N–H and O–H groups in total. The second-order valence-corrected chi connectivity index (χ2v) is 5.43. The zero-order valence-corrected chi connectivity index (χ0v) is 10.9. The van der Waals surface area contributed by atoms with Crippen LogP contribution in [0, 0.1) is 31.1 Å². The summed E-state index contributed by atoms with van der Waals surface area (Å²) in [5, 5.41) is 9.46. The number of hydrogen-bond donors (Lipinski definition) is 0. The molecule has 1 aromatic rings. The van der Waals surface area contributed by atoms with Crippen LogP contribution < -0.4 is 0 Å². The highest BCUT2D eigenvalue weighted by atomic mass is 14.3. The van der Waals surface area contributed by atoms with E-state index in [4.69, 9.17) is 0 Å². The Balaban J connectivity index is 2.25. The minimum absolute atomic E-state index is 0.105. The van der Waals surface area contributed by atoms with Crippen molar-refractivity contribution in [3.05, 3.63) is 34.9 Å². The lowest BCUT2D eigenvalue weighted by Gasteiger charge is -2.26. The quantitative estimate of drug-likeness (QED) is 0.730. The van der Waals surface area contributed by atoms with Crippen LogP contribution in [0.2, 0.25) is 0 Å². The van der Waals surface area contributed by atoms with Gasteiger partial charge >= 0.3 is 0 Å². The van der Waals surface area contributed by atoms with Gasteiger partial charge in [0.25, 0.3) is 0 Å². The predicted molar refractivity (Wildman–Crippen MR) is 70.8 cm³/mol. The van der Waals surface area contributed by atoms with Gasteiger partial charge in [-0.25, -0.2) is 0 Å². The van der Waals surface area contributed by atoms with Crippen molar-refractivity contribution in [2.24, 2.45) is 5.92 Å². The van der Waals surface area contributed by atoms with Crippen LogP contribution in [0.3, 0.4) is 0 Å².